The number of carbonyl (C=O) groups excluding carboxylic acids is 1. The molecule has 1 atom stereocenters. The Morgan fingerprint density at radius 2 is 1.86 bits per heavy atom. The van der Waals surface area contributed by atoms with E-state index in [-0.39, 0.29) is 24.3 Å². The second-order valence-corrected chi connectivity index (χ2v) is 6.72. The van der Waals surface area contributed by atoms with Gasteiger partial charge in [-0.25, -0.2) is 4.79 Å². The topological polar surface area (TPSA) is 125 Å². The molecule has 0 fully saturated rings. The largest absolute Gasteiger partial charge is 0.460 e. The van der Waals surface area contributed by atoms with Crippen molar-refractivity contribution in [1.29, 1.82) is 0 Å². The molecule has 0 radical (unpaired) electrons. The van der Waals surface area contributed by atoms with Gasteiger partial charge in [0, 0.05) is 12.1 Å². The molecule has 3 N–H and O–H groups in total. The summed E-state index contributed by atoms with van der Waals surface area (Å²) in [6.45, 7) is 7.10. The molecule has 0 saturated heterocycles. The molecule has 8 nitrogen and oxygen atoms in total. The smallest absolute Gasteiger partial charge is 0.333 e. The second-order valence-electron chi connectivity index (χ2n) is 5.27. The third-order valence-electron chi connectivity index (χ3n) is 2.77. The number of hydrogen-bond donors (Lipinski definition) is 1. The lowest BCUT2D eigenvalue weighted by atomic mass is 10.0. The molecule has 9 heteroatoms. The first kappa shape index (κ1) is 23.3. The highest BCUT2D eigenvalue weighted by Gasteiger charge is 2.35. The van der Waals surface area contributed by atoms with Crippen LogP contribution < -0.4 is 0 Å². The molecule has 0 amide bonds. The van der Waals surface area contributed by atoms with Gasteiger partial charge < -0.3 is 19.8 Å². The average molecular weight is 341 g/mol. The number of carbonyl (C=O) groups is 1. The van der Waals surface area contributed by atoms with Gasteiger partial charge in [0.05, 0.1) is 12.2 Å². The van der Waals surface area contributed by atoms with Crippen LogP contribution in [0.1, 0.15) is 20.3 Å². The van der Waals surface area contributed by atoms with Crippen LogP contribution in [0.5, 0.6) is 0 Å². The number of nitrogens with zero attached hydrogens (tertiary/aromatic N) is 1. The van der Waals surface area contributed by atoms with Crippen molar-refractivity contribution in [3.8, 4) is 0 Å². The van der Waals surface area contributed by atoms with E-state index in [1.54, 1.807) is 25.9 Å². The Morgan fingerprint density at radius 3 is 2.23 bits per heavy atom. The maximum Gasteiger partial charge on any atom is 0.333 e. The van der Waals surface area contributed by atoms with Crippen molar-refractivity contribution in [2.24, 2.45) is 0 Å². The van der Waals surface area contributed by atoms with Gasteiger partial charge in [-0.1, -0.05) is 13.5 Å². The molecule has 0 rings (SSSR count). The lowest BCUT2D eigenvalue weighted by Gasteiger charge is -2.34. The summed E-state index contributed by atoms with van der Waals surface area (Å²) < 4.78 is 41.9. The molecule has 0 aromatic rings. The maximum absolute atomic E-state index is 11.2. The Bertz CT molecular complexity index is 461. The molecule has 0 aliphatic heterocycles. The predicted molar refractivity (Wildman–Crippen MR) is 83.3 cm³/mol. The molecular formula is C13H27NO7S. The van der Waals surface area contributed by atoms with E-state index in [9.17, 15) is 13.2 Å². The predicted octanol–water partition coefficient (Wildman–Crippen LogP) is -0.104. The van der Waals surface area contributed by atoms with Gasteiger partial charge in [-0.05, 0) is 27.4 Å². The molecule has 0 aliphatic carbocycles. The highest BCUT2D eigenvalue weighted by molar-refractivity contribution is 7.85. The molecule has 22 heavy (non-hydrogen) atoms. The fraction of sp³-hybridized carbons (Fsp3) is 0.769. The molecule has 0 aromatic heterocycles. The van der Waals surface area contributed by atoms with Crippen LogP contribution in [0.15, 0.2) is 12.2 Å². The van der Waals surface area contributed by atoms with Gasteiger partial charge in [-0.2, -0.15) is 8.42 Å². The summed E-state index contributed by atoms with van der Waals surface area (Å²) in [7, 11) is -0.627. The Morgan fingerprint density at radius 1 is 1.32 bits per heavy atom. The van der Waals surface area contributed by atoms with Crippen LogP contribution in [0.2, 0.25) is 0 Å². The van der Waals surface area contributed by atoms with Crippen molar-refractivity contribution < 1.29 is 32.7 Å². The van der Waals surface area contributed by atoms with Crippen LogP contribution in [0, 0.1) is 0 Å². The molecule has 0 aliphatic rings. The minimum Gasteiger partial charge on any atom is -0.460 e. The van der Waals surface area contributed by atoms with Gasteiger partial charge >= 0.3 is 5.97 Å². The van der Waals surface area contributed by atoms with Crippen molar-refractivity contribution in [2.45, 2.75) is 25.9 Å². The maximum atomic E-state index is 11.2. The van der Waals surface area contributed by atoms with E-state index in [2.05, 4.69) is 6.58 Å². The SMILES string of the molecule is C=C(C)C(=O)OCCOC(CC)(CN(C)C)CS(=O)(=O)O.O. The Kier molecular flexibility index (Phi) is 10.5. The van der Waals surface area contributed by atoms with E-state index in [1.165, 1.54) is 6.92 Å². The number of rotatable bonds is 10. The third kappa shape index (κ3) is 9.85. The van der Waals surface area contributed by atoms with E-state index < -0.39 is 27.4 Å². The first-order valence-electron chi connectivity index (χ1n) is 6.58. The van der Waals surface area contributed by atoms with Gasteiger partial charge in [0.15, 0.2) is 0 Å². The summed E-state index contributed by atoms with van der Waals surface area (Å²) in [5.74, 6) is -1.04. The molecule has 0 spiro atoms. The molecule has 1 unspecified atom stereocenters. The van der Waals surface area contributed by atoms with Gasteiger partial charge in [0.2, 0.25) is 0 Å². The number of hydrogen-bond acceptors (Lipinski definition) is 6. The summed E-state index contributed by atoms with van der Waals surface area (Å²) in [6, 6.07) is 0. The Balaban J connectivity index is 0. The van der Waals surface area contributed by atoms with Crippen LogP contribution in [-0.4, -0.2) is 74.5 Å². The highest BCUT2D eigenvalue weighted by Crippen LogP contribution is 2.19. The van der Waals surface area contributed by atoms with Crippen molar-refractivity contribution in [3.05, 3.63) is 12.2 Å². The van der Waals surface area contributed by atoms with Crippen molar-refractivity contribution in [3.63, 3.8) is 0 Å². The van der Waals surface area contributed by atoms with Crippen LogP contribution in [-0.2, 0) is 24.4 Å². The minimum absolute atomic E-state index is 0. The highest BCUT2D eigenvalue weighted by atomic mass is 32.2. The third-order valence-corrected chi connectivity index (χ3v) is 3.66. The lowest BCUT2D eigenvalue weighted by molar-refractivity contribution is -0.143. The molecular weight excluding hydrogens is 314 g/mol. The first-order valence-corrected chi connectivity index (χ1v) is 8.19. The van der Waals surface area contributed by atoms with Crippen LogP contribution in [0.3, 0.4) is 0 Å². The van der Waals surface area contributed by atoms with Gasteiger partial charge in [-0.15, -0.1) is 0 Å². The normalized spacial score (nSPS) is 14.1. The fourth-order valence-corrected chi connectivity index (χ4v) is 2.92. The summed E-state index contributed by atoms with van der Waals surface area (Å²) in [4.78, 5) is 13.0. The Labute approximate surface area is 132 Å². The first-order chi connectivity index (χ1) is 9.51. The van der Waals surface area contributed by atoms with Crippen molar-refractivity contribution in [2.75, 3.05) is 39.6 Å². The number of likely N-dealkylation sites (N-methyl/N-ethyl adjacent to an activating group) is 1. The van der Waals surface area contributed by atoms with E-state index in [4.69, 9.17) is 14.0 Å². The molecule has 132 valence electrons. The second kappa shape index (κ2) is 9.90. The molecule has 0 bridgehead atoms. The summed E-state index contributed by atoms with van der Waals surface area (Å²) in [5.41, 5.74) is -0.768. The summed E-state index contributed by atoms with van der Waals surface area (Å²) in [5, 5.41) is 0. The summed E-state index contributed by atoms with van der Waals surface area (Å²) >= 11 is 0. The van der Waals surface area contributed by atoms with E-state index in [0.717, 1.165) is 0 Å². The molecule has 0 saturated carbocycles. The van der Waals surface area contributed by atoms with Gasteiger partial charge in [-0.3, -0.25) is 4.55 Å². The fourth-order valence-electron chi connectivity index (χ4n) is 1.87. The zero-order valence-electron chi connectivity index (χ0n) is 13.6. The quantitative estimate of drug-likeness (QED) is 0.254. The monoisotopic (exact) mass is 341 g/mol. The lowest BCUT2D eigenvalue weighted by Crippen LogP contribution is -2.48. The summed E-state index contributed by atoms with van der Waals surface area (Å²) in [6.07, 6.45) is 0.388. The van der Waals surface area contributed by atoms with Crippen LogP contribution >= 0.6 is 0 Å². The zero-order chi connectivity index (χ0) is 16.7. The zero-order valence-corrected chi connectivity index (χ0v) is 14.4. The van der Waals surface area contributed by atoms with Gasteiger partial charge in [0.25, 0.3) is 10.1 Å². The standard InChI is InChI=1S/C13H25NO6S.H2O/c1-6-13(9-14(4)5,10-21(16,17)18)20-8-7-19-12(15)11(2)3;/h2,6-10H2,1,3-5H3,(H,16,17,18);1H2. The van der Waals surface area contributed by atoms with Crippen LogP contribution in [0.4, 0.5) is 0 Å². The number of esters is 1. The average Bonchev–Trinajstić information content (AvgIpc) is 2.31. The van der Waals surface area contributed by atoms with Crippen molar-refractivity contribution >= 4 is 16.1 Å². The van der Waals surface area contributed by atoms with E-state index in [1.807, 2.05) is 0 Å². The van der Waals surface area contributed by atoms with E-state index >= 15 is 0 Å². The molecule has 0 heterocycles. The Hall–Kier alpha value is -1.00. The van der Waals surface area contributed by atoms with E-state index in [0.29, 0.717) is 13.0 Å². The van der Waals surface area contributed by atoms with Gasteiger partial charge in [0.1, 0.15) is 12.4 Å². The minimum atomic E-state index is -4.18. The molecule has 0 aromatic carbocycles. The number of ether oxygens (including phenoxy) is 2. The van der Waals surface area contributed by atoms with Crippen molar-refractivity contribution in [1.82, 2.24) is 4.90 Å². The van der Waals surface area contributed by atoms with Crippen LogP contribution in [0.25, 0.3) is 0 Å².